The van der Waals surface area contributed by atoms with E-state index in [0.717, 1.165) is 50.9 Å². The third kappa shape index (κ3) is 4.53. The molecule has 0 bridgehead atoms. The molecule has 0 fully saturated rings. The van der Waals surface area contributed by atoms with Gasteiger partial charge in [-0.05, 0) is 102 Å². The van der Waals surface area contributed by atoms with Gasteiger partial charge in [0.25, 0.3) is 0 Å². The van der Waals surface area contributed by atoms with Crippen molar-refractivity contribution in [3.63, 3.8) is 0 Å². The zero-order valence-electron chi connectivity index (χ0n) is 33.6. The summed E-state index contributed by atoms with van der Waals surface area (Å²) >= 11 is 0. The van der Waals surface area contributed by atoms with Crippen LogP contribution in [0.1, 0.15) is 23.7 Å². The molecule has 47 heavy (non-hydrogen) atoms. The van der Waals surface area contributed by atoms with Crippen LogP contribution in [0, 0.1) is 0 Å². The second-order valence-corrected chi connectivity index (χ2v) is 11.6. The van der Waals surface area contributed by atoms with Crippen molar-refractivity contribution in [3.05, 3.63) is 169 Å². The summed E-state index contributed by atoms with van der Waals surface area (Å²) in [5, 5.41) is 2.55. The van der Waals surface area contributed by atoms with Gasteiger partial charge in [0.1, 0.15) is 5.82 Å². The van der Waals surface area contributed by atoms with Gasteiger partial charge < -0.3 is 0 Å². The number of hydrogen-bond donors (Lipinski definition) is 0. The highest BCUT2D eigenvalue weighted by Crippen LogP contribution is 2.44. The SMILES string of the molecule is [2H]c1c([2H])c([2H])c2c(-c3ccc4cc(-n5c(CC)nc6ccccc65)ccc4c3)c3c([2H])c([2H])c([2H])c([2H])c3c(-c3cccc(-c4ccccc4)c3)c2c1[2H]. The predicted molar refractivity (Wildman–Crippen MR) is 199 cm³/mol. The minimum absolute atomic E-state index is 0.192. The number of benzene rings is 8. The average Bonchev–Trinajstić information content (AvgIpc) is 3.61. The number of rotatable bonds is 5. The Balaban J connectivity index is 1.38. The molecule has 0 unspecified atom stereocenters. The Morgan fingerprint density at radius 2 is 1.11 bits per heavy atom. The van der Waals surface area contributed by atoms with Gasteiger partial charge in [-0.2, -0.15) is 0 Å². The van der Waals surface area contributed by atoms with Gasteiger partial charge in [-0.3, -0.25) is 4.57 Å². The van der Waals surface area contributed by atoms with Gasteiger partial charge >= 0.3 is 0 Å². The van der Waals surface area contributed by atoms with Crippen molar-refractivity contribution in [1.29, 1.82) is 0 Å². The monoisotopic (exact) mass is 608 g/mol. The predicted octanol–water partition coefficient (Wildman–Crippen LogP) is 12.0. The van der Waals surface area contributed by atoms with Crippen molar-refractivity contribution in [1.82, 2.24) is 9.55 Å². The minimum atomic E-state index is -0.423. The second-order valence-electron chi connectivity index (χ2n) is 11.6. The van der Waals surface area contributed by atoms with Crippen molar-refractivity contribution in [2.24, 2.45) is 0 Å². The summed E-state index contributed by atoms with van der Waals surface area (Å²) in [6.07, 6.45) is 0.745. The summed E-state index contributed by atoms with van der Waals surface area (Å²) in [7, 11) is 0. The van der Waals surface area contributed by atoms with Crippen molar-refractivity contribution < 1.29 is 11.0 Å². The van der Waals surface area contributed by atoms with E-state index in [-0.39, 0.29) is 45.7 Å². The fourth-order valence-corrected chi connectivity index (χ4v) is 6.82. The molecule has 9 aromatic rings. The maximum atomic E-state index is 9.33. The molecule has 2 heteroatoms. The smallest absolute Gasteiger partial charge is 0.114 e. The number of hydrogen-bond acceptors (Lipinski definition) is 1. The van der Waals surface area contributed by atoms with Crippen LogP contribution >= 0.6 is 0 Å². The third-order valence-electron chi connectivity index (χ3n) is 8.95. The van der Waals surface area contributed by atoms with E-state index in [1.807, 2.05) is 103 Å². The van der Waals surface area contributed by atoms with Crippen LogP contribution < -0.4 is 0 Å². The number of fused-ring (bicyclic) bond motifs is 4. The Morgan fingerprint density at radius 3 is 1.81 bits per heavy atom. The normalized spacial score (nSPS) is 14.0. The Labute approximate surface area is 285 Å². The molecule has 0 atom stereocenters. The van der Waals surface area contributed by atoms with Gasteiger partial charge in [-0.15, -0.1) is 0 Å². The lowest BCUT2D eigenvalue weighted by Gasteiger charge is -2.18. The summed E-state index contributed by atoms with van der Waals surface area (Å²) in [6.45, 7) is 2.08. The molecule has 9 rings (SSSR count). The average molecular weight is 609 g/mol. The van der Waals surface area contributed by atoms with Gasteiger partial charge in [-0.25, -0.2) is 4.98 Å². The van der Waals surface area contributed by atoms with E-state index in [1.54, 1.807) is 0 Å². The second kappa shape index (κ2) is 11.1. The molecule has 0 saturated carbocycles. The summed E-state index contributed by atoms with van der Waals surface area (Å²) in [6, 6.07) is 34.3. The number of imidazole rings is 1. The zero-order valence-corrected chi connectivity index (χ0v) is 25.6. The number of para-hydroxylation sites is 2. The Kier molecular flexibility index (Phi) is 4.78. The van der Waals surface area contributed by atoms with Crippen molar-refractivity contribution in [2.45, 2.75) is 13.3 Å². The maximum absolute atomic E-state index is 9.33. The third-order valence-corrected chi connectivity index (χ3v) is 8.95. The molecule has 0 spiro atoms. The van der Waals surface area contributed by atoms with E-state index in [4.69, 9.17) is 10.5 Å². The van der Waals surface area contributed by atoms with Crippen molar-refractivity contribution in [2.75, 3.05) is 0 Å². The first-order valence-corrected chi connectivity index (χ1v) is 15.7. The van der Waals surface area contributed by atoms with Gasteiger partial charge in [-0.1, -0.05) is 134 Å². The highest BCUT2D eigenvalue weighted by Gasteiger charge is 2.18. The molecule has 0 N–H and O–H groups in total. The number of nitrogens with zero attached hydrogens (tertiary/aromatic N) is 2. The van der Waals surface area contributed by atoms with Crippen molar-refractivity contribution >= 4 is 43.4 Å². The maximum Gasteiger partial charge on any atom is 0.114 e. The van der Waals surface area contributed by atoms with Gasteiger partial charge in [0.05, 0.1) is 22.0 Å². The van der Waals surface area contributed by atoms with Crippen LogP contribution in [0.2, 0.25) is 0 Å². The van der Waals surface area contributed by atoms with Crippen LogP contribution in [0.15, 0.2) is 164 Å². The van der Waals surface area contributed by atoms with Crippen LogP contribution in [-0.4, -0.2) is 9.55 Å². The number of aryl methyl sites for hydroxylation is 1. The van der Waals surface area contributed by atoms with Crippen molar-refractivity contribution in [3.8, 4) is 39.1 Å². The summed E-state index contributed by atoms with van der Waals surface area (Å²) in [4.78, 5) is 4.84. The number of aromatic nitrogens is 2. The van der Waals surface area contributed by atoms with Gasteiger partial charge in [0.15, 0.2) is 0 Å². The Bertz CT molecular complexity index is 2980. The summed E-state index contributed by atoms with van der Waals surface area (Å²) < 4.78 is 74.6. The van der Waals surface area contributed by atoms with E-state index >= 15 is 0 Å². The molecule has 8 aromatic carbocycles. The Hall–Kier alpha value is -5.99. The van der Waals surface area contributed by atoms with Gasteiger partial charge in [0, 0.05) is 12.1 Å². The Morgan fingerprint density at radius 1 is 0.532 bits per heavy atom. The molecular formula is C45H32N2. The topological polar surface area (TPSA) is 17.8 Å². The lowest BCUT2D eigenvalue weighted by Crippen LogP contribution is -2.00. The standard InChI is InChI=1S/C45H32N2/c1-2-43-46-41-21-10-11-22-42(41)47(43)36-26-25-32-28-35(24-23-33(32)29-36)45-39-19-8-6-17-37(39)44(38-18-7-9-20-40(38)45)34-16-12-15-31(27-34)30-13-4-3-5-14-30/h3-29H,2H2,1H3/i6D,7D,8D,9D,17D,18D,19D,20D. The van der Waals surface area contributed by atoms with Crippen LogP contribution in [0.3, 0.4) is 0 Å². The lowest BCUT2D eigenvalue weighted by atomic mass is 9.85. The molecule has 0 aliphatic heterocycles. The highest BCUT2D eigenvalue weighted by molar-refractivity contribution is 6.21. The summed E-state index contributed by atoms with van der Waals surface area (Å²) in [5.74, 6) is 0.938. The van der Waals surface area contributed by atoms with E-state index < -0.39 is 24.2 Å². The molecular weight excluding hydrogens is 569 g/mol. The van der Waals surface area contributed by atoms with Gasteiger partial charge in [0.2, 0.25) is 0 Å². The quantitative estimate of drug-likeness (QED) is 0.178. The molecule has 1 aromatic heterocycles. The first-order valence-electron chi connectivity index (χ1n) is 19.7. The molecule has 0 aliphatic rings. The van der Waals surface area contributed by atoms with Crippen LogP contribution in [0.25, 0.3) is 82.4 Å². The molecule has 2 nitrogen and oxygen atoms in total. The van der Waals surface area contributed by atoms with E-state index in [1.165, 1.54) is 0 Å². The largest absolute Gasteiger partial charge is 0.296 e. The fraction of sp³-hybridized carbons (Fsp3) is 0.0444. The molecule has 0 amide bonds. The van der Waals surface area contributed by atoms with E-state index in [2.05, 4.69) is 23.6 Å². The van der Waals surface area contributed by atoms with E-state index in [9.17, 15) is 5.48 Å². The summed E-state index contributed by atoms with van der Waals surface area (Å²) in [5.41, 5.74) is 6.45. The van der Waals surface area contributed by atoms with Crippen LogP contribution in [0.4, 0.5) is 0 Å². The molecule has 0 saturated heterocycles. The minimum Gasteiger partial charge on any atom is -0.296 e. The fourth-order valence-electron chi connectivity index (χ4n) is 6.82. The highest BCUT2D eigenvalue weighted by atomic mass is 15.1. The lowest BCUT2D eigenvalue weighted by molar-refractivity contribution is 0.909. The molecule has 0 radical (unpaired) electrons. The molecule has 0 aliphatic carbocycles. The van der Waals surface area contributed by atoms with E-state index in [0.29, 0.717) is 22.3 Å². The van der Waals surface area contributed by atoms with Crippen LogP contribution in [0.5, 0.6) is 0 Å². The molecule has 1 heterocycles. The van der Waals surface area contributed by atoms with Crippen LogP contribution in [-0.2, 0) is 6.42 Å². The first kappa shape index (κ1) is 20.2. The molecule has 222 valence electrons. The first-order chi connectivity index (χ1) is 26.6. The zero-order chi connectivity index (χ0) is 38.3.